The lowest BCUT2D eigenvalue weighted by molar-refractivity contribution is -0.119. The Balaban J connectivity index is 1.58. The minimum atomic E-state index is -0.589. The number of amides is 1. The van der Waals surface area contributed by atoms with Crippen LogP contribution in [0.5, 0.6) is 11.5 Å². The molecule has 1 aliphatic heterocycles. The van der Waals surface area contributed by atoms with Gasteiger partial charge in [-0.1, -0.05) is 32.0 Å². The number of fused-ring (bicyclic) bond motifs is 1. The van der Waals surface area contributed by atoms with Crippen LogP contribution in [0.4, 0.5) is 5.69 Å². The molecule has 1 atom stereocenters. The summed E-state index contributed by atoms with van der Waals surface area (Å²) >= 11 is 0. The van der Waals surface area contributed by atoms with Crippen molar-refractivity contribution in [3.63, 3.8) is 0 Å². The topological polar surface area (TPSA) is 73.9 Å². The van der Waals surface area contributed by atoms with E-state index in [9.17, 15) is 9.59 Å². The van der Waals surface area contributed by atoms with E-state index in [1.54, 1.807) is 18.2 Å². The molecule has 2 aromatic rings. The van der Waals surface area contributed by atoms with Gasteiger partial charge < -0.3 is 19.5 Å². The second-order valence-corrected chi connectivity index (χ2v) is 6.09. The molecule has 0 radical (unpaired) electrons. The van der Waals surface area contributed by atoms with Gasteiger partial charge in [-0.05, 0) is 42.2 Å². The van der Waals surface area contributed by atoms with Gasteiger partial charge >= 0.3 is 5.97 Å². The Labute approximate surface area is 152 Å². The summed E-state index contributed by atoms with van der Waals surface area (Å²) in [6.45, 7) is 3.97. The van der Waals surface area contributed by atoms with E-state index in [0.29, 0.717) is 23.0 Å². The van der Waals surface area contributed by atoms with Gasteiger partial charge in [0.1, 0.15) is 0 Å². The van der Waals surface area contributed by atoms with Crippen LogP contribution in [0.25, 0.3) is 0 Å². The van der Waals surface area contributed by atoms with Crippen LogP contribution in [0, 0.1) is 0 Å². The quantitative estimate of drug-likeness (QED) is 0.800. The third-order valence-electron chi connectivity index (χ3n) is 4.32. The van der Waals surface area contributed by atoms with E-state index >= 15 is 0 Å². The Morgan fingerprint density at radius 3 is 2.73 bits per heavy atom. The highest BCUT2D eigenvalue weighted by Crippen LogP contribution is 2.32. The summed E-state index contributed by atoms with van der Waals surface area (Å²) in [6.07, 6.45) is 0.964. The summed E-state index contributed by atoms with van der Waals surface area (Å²) in [7, 11) is 0. The number of nitrogens with one attached hydrogen (secondary N) is 1. The zero-order chi connectivity index (χ0) is 18.5. The molecule has 2 aromatic carbocycles. The van der Waals surface area contributed by atoms with Crippen molar-refractivity contribution in [2.45, 2.75) is 26.2 Å². The summed E-state index contributed by atoms with van der Waals surface area (Å²) in [5, 5.41) is 2.81. The van der Waals surface area contributed by atoms with Crippen LogP contribution in [0.15, 0.2) is 42.5 Å². The molecule has 6 nitrogen and oxygen atoms in total. The zero-order valence-corrected chi connectivity index (χ0v) is 14.8. The van der Waals surface area contributed by atoms with Crippen LogP contribution in [-0.4, -0.2) is 25.3 Å². The molecule has 136 valence electrons. The SMILES string of the molecule is CCC(C)c1ccccc1NC(=O)COC(=O)c1ccc2c(c1)OCO2. The third-order valence-corrected chi connectivity index (χ3v) is 4.32. The summed E-state index contributed by atoms with van der Waals surface area (Å²) < 4.78 is 15.5. The fraction of sp³-hybridized carbons (Fsp3) is 0.300. The average Bonchev–Trinajstić information content (AvgIpc) is 3.13. The first kappa shape index (κ1) is 17.8. The van der Waals surface area contributed by atoms with E-state index in [1.165, 1.54) is 0 Å². The summed E-state index contributed by atoms with van der Waals surface area (Å²) in [4.78, 5) is 24.3. The molecular formula is C20H21NO5. The van der Waals surface area contributed by atoms with E-state index in [0.717, 1.165) is 17.7 Å². The maximum absolute atomic E-state index is 12.2. The normalized spacial score (nSPS) is 13.2. The lowest BCUT2D eigenvalue weighted by atomic mass is 9.97. The van der Waals surface area contributed by atoms with Crippen LogP contribution >= 0.6 is 0 Å². The van der Waals surface area contributed by atoms with E-state index in [4.69, 9.17) is 14.2 Å². The molecule has 0 spiro atoms. The molecule has 0 fully saturated rings. The third kappa shape index (κ3) is 3.96. The second kappa shape index (κ2) is 7.91. The smallest absolute Gasteiger partial charge is 0.338 e. The van der Waals surface area contributed by atoms with Gasteiger partial charge in [-0.25, -0.2) is 4.79 Å². The van der Waals surface area contributed by atoms with Gasteiger partial charge in [0.05, 0.1) is 5.56 Å². The maximum atomic E-state index is 12.2. The Morgan fingerprint density at radius 2 is 1.92 bits per heavy atom. The van der Waals surface area contributed by atoms with Crippen molar-refractivity contribution in [3.05, 3.63) is 53.6 Å². The molecule has 26 heavy (non-hydrogen) atoms. The van der Waals surface area contributed by atoms with Crippen LogP contribution in [0.1, 0.15) is 42.1 Å². The zero-order valence-electron chi connectivity index (χ0n) is 14.8. The van der Waals surface area contributed by atoms with E-state index in [-0.39, 0.29) is 19.3 Å². The Hall–Kier alpha value is -3.02. The molecule has 0 aliphatic carbocycles. The number of rotatable bonds is 6. The van der Waals surface area contributed by atoms with Gasteiger partial charge in [0.15, 0.2) is 18.1 Å². The first-order valence-corrected chi connectivity index (χ1v) is 8.54. The highest BCUT2D eigenvalue weighted by atomic mass is 16.7. The standard InChI is InChI=1S/C20H21NO5/c1-3-13(2)15-6-4-5-7-16(15)21-19(22)11-24-20(23)14-8-9-17-18(10-14)26-12-25-17/h4-10,13H,3,11-12H2,1-2H3,(H,21,22). The average molecular weight is 355 g/mol. The van der Waals surface area contributed by atoms with Gasteiger partial charge in [-0.3, -0.25) is 4.79 Å². The molecule has 0 saturated heterocycles. The largest absolute Gasteiger partial charge is 0.454 e. The Bertz CT molecular complexity index is 818. The Kier molecular flexibility index (Phi) is 5.41. The molecule has 6 heteroatoms. The first-order chi connectivity index (χ1) is 12.6. The highest BCUT2D eigenvalue weighted by Gasteiger charge is 2.18. The van der Waals surface area contributed by atoms with Crippen molar-refractivity contribution < 1.29 is 23.8 Å². The maximum Gasteiger partial charge on any atom is 0.338 e. The van der Waals surface area contributed by atoms with Crippen LogP contribution in [-0.2, 0) is 9.53 Å². The predicted octanol–water partition coefficient (Wildman–Crippen LogP) is 3.72. The number of esters is 1. The molecule has 1 unspecified atom stereocenters. The monoisotopic (exact) mass is 355 g/mol. The Morgan fingerprint density at radius 1 is 1.15 bits per heavy atom. The molecule has 1 N–H and O–H groups in total. The van der Waals surface area contributed by atoms with Gasteiger partial charge in [0.25, 0.3) is 5.91 Å². The number of carbonyl (C=O) groups is 2. The van der Waals surface area contributed by atoms with Gasteiger partial charge in [-0.15, -0.1) is 0 Å². The summed E-state index contributed by atoms with van der Waals surface area (Å²) in [6, 6.07) is 12.4. The van der Waals surface area contributed by atoms with Crippen molar-refractivity contribution in [1.82, 2.24) is 0 Å². The molecule has 0 bridgehead atoms. The number of para-hydroxylation sites is 1. The lowest BCUT2D eigenvalue weighted by Crippen LogP contribution is -2.21. The predicted molar refractivity (Wildman–Crippen MR) is 96.6 cm³/mol. The van der Waals surface area contributed by atoms with Crippen LogP contribution in [0.2, 0.25) is 0 Å². The van der Waals surface area contributed by atoms with Crippen molar-refractivity contribution in [2.24, 2.45) is 0 Å². The number of hydrogen-bond donors (Lipinski definition) is 1. The van der Waals surface area contributed by atoms with Crippen LogP contribution < -0.4 is 14.8 Å². The minimum absolute atomic E-state index is 0.131. The van der Waals surface area contributed by atoms with Crippen molar-refractivity contribution in [1.29, 1.82) is 0 Å². The van der Waals surface area contributed by atoms with Crippen LogP contribution in [0.3, 0.4) is 0 Å². The number of anilines is 1. The minimum Gasteiger partial charge on any atom is -0.454 e. The molecule has 0 aromatic heterocycles. The van der Waals surface area contributed by atoms with Gasteiger partial charge in [0, 0.05) is 5.69 Å². The molecule has 1 heterocycles. The highest BCUT2D eigenvalue weighted by molar-refractivity contribution is 5.96. The van der Waals surface area contributed by atoms with E-state index in [2.05, 4.69) is 19.2 Å². The fourth-order valence-electron chi connectivity index (χ4n) is 2.68. The van der Waals surface area contributed by atoms with E-state index < -0.39 is 5.97 Å². The molecular weight excluding hydrogens is 334 g/mol. The van der Waals surface area contributed by atoms with Crippen molar-refractivity contribution >= 4 is 17.6 Å². The number of benzene rings is 2. The summed E-state index contributed by atoms with van der Waals surface area (Å²) in [5.74, 6) is 0.429. The number of carbonyl (C=O) groups excluding carboxylic acids is 2. The van der Waals surface area contributed by atoms with Gasteiger partial charge in [0.2, 0.25) is 6.79 Å². The molecule has 3 rings (SSSR count). The van der Waals surface area contributed by atoms with Gasteiger partial charge in [-0.2, -0.15) is 0 Å². The van der Waals surface area contributed by atoms with Crippen molar-refractivity contribution in [2.75, 3.05) is 18.7 Å². The molecule has 1 aliphatic rings. The van der Waals surface area contributed by atoms with E-state index in [1.807, 2.05) is 24.3 Å². The molecule has 1 amide bonds. The first-order valence-electron chi connectivity index (χ1n) is 8.54. The lowest BCUT2D eigenvalue weighted by Gasteiger charge is -2.15. The fourth-order valence-corrected chi connectivity index (χ4v) is 2.68. The second-order valence-electron chi connectivity index (χ2n) is 6.09. The summed E-state index contributed by atoms with van der Waals surface area (Å²) in [5.41, 5.74) is 2.11. The number of ether oxygens (including phenoxy) is 3. The molecule has 0 saturated carbocycles. The number of hydrogen-bond acceptors (Lipinski definition) is 5. The van der Waals surface area contributed by atoms with Crippen molar-refractivity contribution in [3.8, 4) is 11.5 Å².